The van der Waals surface area contributed by atoms with E-state index in [1.54, 1.807) is 30.3 Å². The summed E-state index contributed by atoms with van der Waals surface area (Å²) >= 11 is 0. The van der Waals surface area contributed by atoms with Crippen LogP contribution >= 0.6 is 0 Å². The summed E-state index contributed by atoms with van der Waals surface area (Å²) in [4.78, 5) is 25.7. The Morgan fingerprint density at radius 3 is 2.62 bits per heavy atom. The molecule has 0 radical (unpaired) electrons. The van der Waals surface area contributed by atoms with E-state index in [2.05, 4.69) is 5.32 Å². The number of pyridine rings is 1. The van der Waals surface area contributed by atoms with Crippen LogP contribution in [0.4, 0.5) is 15.9 Å². The van der Waals surface area contributed by atoms with Gasteiger partial charge >= 0.3 is 0 Å². The molecule has 1 aliphatic rings. The SMILES string of the molecule is CC(C)CC(=O)Nc1ccc2c(-c3ccc(F)cc3)c(N)n(CC3CCCO3)c(=O)c2c1. The summed E-state index contributed by atoms with van der Waals surface area (Å²) in [6.07, 6.45) is 2.12. The maximum Gasteiger partial charge on any atom is 0.260 e. The lowest BCUT2D eigenvalue weighted by Crippen LogP contribution is -2.29. The van der Waals surface area contributed by atoms with Crippen molar-refractivity contribution in [2.45, 2.75) is 45.8 Å². The Morgan fingerprint density at radius 1 is 1.22 bits per heavy atom. The van der Waals surface area contributed by atoms with E-state index in [9.17, 15) is 14.0 Å². The summed E-state index contributed by atoms with van der Waals surface area (Å²) in [5.74, 6) is 0.0952. The van der Waals surface area contributed by atoms with Crippen LogP contribution in [-0.4, -0.2) is 23.2 Å². The van der Waals surface area contributed by atoms with Crippen molar-refractivity contribution < 1.29 is 13.9 Å². The first-order chi connectivity index (χ1) is 15.3. The molecule has 1 aliphatic heterocycles. The number of fused-ring (bicyclic) bond motifs is 1. The number of nitrogen functional groups attached to an aromatic ring is 1. The minimum Gasteiger partial charge on any atom is -0.384 e. The Morgan fingerprint density at radius 2 is 1.97 bits per heavy atom. The predicted molar refractivity (Wildman–Crippen MR) is 125 cm³/mol. The van der Waals surface area contributed by atoms with Gasteiger partial charge in [0.05, 0.1) is 12.6 Å². The monoisotopic (exact) mass is 437 g/mol. The third-order valence-corrected chi connectivity index (χ3v) is 5.73. The quantitative estimate of drug-likeness (QED) is 0.592. The lowest BCUT2D eigenvalue weighted by atomic mass is 9.98. The maximum atomic E-state index is 13.6. The smallest absolute Gasteiger partial charge is 0.260 e. The molecule has 1 atom stereocenters. The highest BCUT2D eigenvalue weighted by Gasteiger charge is 2.22. The summed E-state index contributed by atoms with van der Waals surface area (Å²) in [6, 6.07) is 11.3. The molecule has 1 unspecified atom stereocenters. The Hall–Kier alpha value is -3.19. The first-order valence-electron chi connectivity index (χ1n) is 11.0. The van der Waals surface area contributed by atoms with Gasteiger partial charge in [0.1, 0.15) is 11.6 Å². The van der Waals surface area contributed by atoms with Crippen molar-refractivity contribution in [3.8, 4) is 11.1 Å². The van der Waals surface area contributed by atoms with Gasteiger partial charge in [0, 0.05) is 29.7 Å². The van der Waals surface area contributed by atoms with Crippen molar-refractivity contribution in [2.75, 3.05) is 17.7 Å². The van der Waals surface area contributed by atoms with Crippen LogP contribution in [0.15, 0.2) is 47.3 Å². The van der Waals surface area contributed by atoms with E-state index in [4.69, 9.17) is 10.5 Å². The van der Waals surface area contributed by atoms with Crippen molar-refractivity contribution in [1.82, 2.24) is 4.57 Å². The molecule has 32 heavy (non-hydrogen) atoms. The number of ether oxygens (including phenoxy) is 1. The van der Waals surface area contributed by atoms with Crippen molar-refractivity contribution in [3.63, 3.8) is 0 Å². The van der Waals surface area contributed by atoms with E-state index in [1.165, 1.54) is 16.7 Å². The first kappa shape index (κ1) is 22.0. The standard InChI is InChI=1S/C25H28FN3O3/c1-15(2)12-22(30)28-18-9-10-20-21(13-18)25(31)29(14-19-4-3-11-32-19)24(27)23(20)16-5-7-17(26)8-6-16/h5-10,13,15,19H,3-4,11-12,14,27H2,1-2H3,(H,28,30). The van der Waals surface area contributed by atoms with E-state index in [0.717, 1.165) is 12.8 Å². The molecular formula is C25H28FN3O3. The first-order valence-corrected chi connectivity index (χ1v) is 11.0. The van der Waals surface area contributed by atoms with Crippen molar-refractivity contribution >= 4 is 28.2 Å². The second-order valence-electron chi connectivity index (χ2n) is 8.72. The number of aromatic nitrogens is 1. The molecule has 4 rings (SSSR count). The normalized spacial score (nSPS) is 16.1. The van der Waals surface area contributed by atoms with Gasteiger partial charge in [-0.2, -0.15) is 0 Å². The highest BCUT2D eigenvalue weighted by atomic mass is 19.1. The lowest BCUT2D eigenvalue weighted by Gasteiger charge is -2.20. The zero-order valence-electron chi connectivity index (χ0n) is 18.4. The molecule has 1 aromatic heterocycles. The second-order valence-corrected chi connectivity index (χ2v) is 8.72. The van der Waals surface area contributed by atoms with Crippen molar-refractivity contribution in [3.05, 3.63) is 58.6 Å². The Balaban J connectivity index is 1.86. The van der Waals surface area contributed by atoms with Crippen molar-refractivity contribution in [2.24, 2.45) is 5.92 Å². The molecule has 168 valence electrons. The highest BCUT2D eigenvalue weighted by Crippen LogP contribution is 2.34. The maximum absolute atomic E-state index is 13.6. The molecule has 7 heteroatoms. The minimum atomic E-state index is -0.348. The number of nitrogens with zero attached hydrogens (tertiary/aromatic N) is 1. The van der Waals surface area contributed by atoms with Gasteiger partial charge in [0.15, 0.2) is 0 Å². The highest BCUT2D eigenvalue weighted by molar-refractivity contribution is 6.03. The number of hydrogen-bond donors (Lipinski definition) is 2. The van der Waals surface area contributed by atoms with Gasteiger partial charge in [-0.3, -0.25) is 14.2 Å². The fraction of sp³-hybridized carbons (Fsp3) is 0.360. The third kappa shape index (κ3) is 4.53. The Bertz CT molecular complexity index is 1200. The number of carbonyl (C=O) groups excluding carboxylic acids is 1. The summed E-state index contributed by atoms with van der Waals surface area (Å²) in [5.41, 5.74) is 8.21. The summed E-state index contributed by atoms with van der Waals surface area (Å²) < 4.78 is 20.8. The van der Waals surface area contributed by atoms with E-state index in [-0.39, 0.29) is 29.3 Å². The molecule has 0 saturated carbocycles. The minimum absolute atomic E-state index is 0.0811. The van der Waals surface area contributed by atoms with Crippen LogP contribution in [0.2, 0.25) is 0 Å². The van der Waals surface area contributed by atoms with Gasteiger partial charge in [-0.1, -0.05) is 32.0 Å². The van der Waals surface area contributed by atoms with Crippen LogP contribution in [0.1, 0.15) is 33.1 Å². The summed E-state index contributed by atoms with van der Waals surface area (Å²) in [5, 5.41) is 3.97. The average molecular weight is 438 g/mol. The van der Waals surface area contributed by atoms with Gasteiger partial charge in [0.2, 0.25) is 5.91 Å². The molecule has 3 N–H and O–H groups in total. The van der Waals surface area contributed by atoms with Crippen molar-refractivity contribution in [1.29, 1.82) is 0 Å². The topological polar surface area (TPSA) is 86.3 Å². The molecule has 1 fully saturated rings. The third-order valence-electron chi connectivity index (χ3n) is 5.73. The van der Waals surface area contributed by atoms with Gasteiger partial charge in [-0.25, -0.2) is 4.39 Å². The van der Waals surface area contributed by atoms with E-state index >= 15 is 0 Å². The number of halogens is 1. The number of hydrogen-bond acceptors (Lipinski definition) is 4. The number of carbonyl (C=O) groups is 1. The molecule has 6 nitrogen and oxygen atoms in total. The lowest BCUT2D eigenvalue weighted by molar-refractivity contribution is -0.116. The fourth-order valence-corrected chi connectivity index (χ4v) is 4.22. The molecular weight excluding hydrogens is 409 g/mol. The van der Waals surface area contributed by atoms with Crippen LogP contribution < -0.4 is 16.6 Å². The largest absolute Gasteiger partial charge is 0.384 e. The average Bonchev–Trinajstić information content (AvgIpc) is 3.25. The Kier molecular flexibility index (Phi) is 6.28. The van der Waals surface area contributed by atoms with Crippen LogP contribution in [0, 0.1) is 11.7 Å². The number of rotatable bonds is 6. The zero-order valence-corrected chi connectivity index (χ0v) is 18.4. The summed E-state index contributed by atoms with van der Waals surface area (Å²) in [6.45, 7) is 4.96. The number of amides is 1. The van der Waals surface area contributed by atoms with E-state index in [0.29, 0.717) is 53.0 Å². The molecule has 2 heterocycles. The van der Waals surface area contributed by atoms with Gasteiger partial charge in [-0.05, 0) is 54.0 Å². The second kappa shape index (κ2) is 9.12. The number of anilines is 2. The zero-order chi connectivity index (χ0) is 22.8. The number of nitrogens with one attached hydrogen (secondary N) is 1. The van der Waals surface area contributed by atoms with Gasteiger partial charge in [-0.15, -0.1) is 0 Å². The molecule has 0 spiro atoms. The van der Waals surface area contributed by atoms with Crippen LogP contribution in [0.25, 0.3) is 21.9 Å². The van der Waals surface area contributed by atoms with E-state index < -0.39 is 0 Å². The van der Waals surface area contributed by atoms with Crippen LogP contribution in [0.3, 0.4) is 0 Å². The molecule has 1 saturated heterocycles. The molecule has 0 bridgehead atoms. The van der Waals surface area contributed by atoms with Crippen LogP contribution in [-0.2, 0) is 16.1 Å². The summed E-state index contributed by atoms with van der Waals surface area (Å²) in [7, 11) is 0. The van der Waals surface area contributed by atoms with Gasteiger partial charge in [0.25, 0.3) is 5.56 Å². The van der Waals surface area contributed by atoms with Crippen LogP contribution in [0.5, 0.6) is 0 Å². The molecule has 2 aromatic carbocycles. The Labute approximate surface area is 186 Å². The van der Waals surface area contributed by atoms with E-state index in [1.807, 2.05) is 13.8 Å². The molecule has 3 aromatic rings. The fourth-order valence-electron chi connectivity index (χ4n) is 4.22. The molecule has 0 aliphatic carbocycles. The van der Waals surface area contributed by atoms with Gasteiger partial charge < -0.3 is 15.8 Å². The predicted octanol–water partition coefficient (Wildman–Crippen LogP) is 4.55. The molecule has 1 amide bonds. The number of benzene rings is 2. The number of nitrogens with two attached hydrogens (primary N) is 1.